The van der Waals surface area contributed by atoms with E-state index in [-0.39, 0.29) is 35.1 Å². The summed E-state index contributed by atoms with van der Waals surface area (Å²) < 4.78 is 44.6. The van der Waals surface area contributed by atoms with Crippen LogP contribution in [0.2, 0.25) is 0 Å². The summed E-state index contributed by atoms with van der Waals surface area (Å²) >= 11 is 0. The average molecular weight is 675 g/mol. The lowest BCUT2D eigenvalue weighted by atomic mass is 9.73. The van der Waals surface area contributed by atoms with Crippen molar-refractivity contribution < 1.29 is 42.6 Å². The van der Waals surface area contributed by atoms with Crippen molar-refractivity contribution in [2.24, 2.45) is 0 Å². The van der Waals surface area contributed by atoms with Gasteiger partial charge in [0.05, 0.1) is 11.1 Å². The van der Waals surface area contributed by atoms with Gasteiger partial charge in [0.2, 0.25) is 0 Å². The summed E-state index contributed by atoms with van der Waals surface area (Å²) in [6.07, 6.45) is 13.5. The first-order valence-corrected chi connectivity index (χ1v) is 17.7. The van der Waals surface area contributed by atoms with E-state index >= 15 is 0 Å². The highest BCUT2D eigenvalue weighted by Gasteiger charge is 2.54. The second kappa shape index (κ2) is 20.1. The Bertz CT molecular complexity index is 1370. The zero-order chi connectivity index (χ0) is 35.7. The molecule has 2 N–H and O–H groups in total. The van der Waals surface area contributed by atoms with Crippen LogP contribution in [0.3, 0.4) is 0 Å². The van der Waals surface area contributed by atoms with Crippen LogP contribution in [-0.4, -0.2) is 39.9 Å². The zero-order valence-electron chi connectivity index (χ0n) is 28.9. The van der Waals surface area contributed by atoms with E-state index in [0.29, 0.717) is 6.42 Å². The van der Waals surface area contributed by atoms with Crippen molar-refractivity contribution in [3.63, 3.8) is 0 Å². The standard InChI is InChI=1S/C39H53F3O6/c1-4-6-7-8-9-10-11-12-13-14-15-16-17-18-19-20-21-35(44)33-27-29(23-25-31(33)37(47)48)38(3,39(40,41)42)28-22-24-30(36(45)46)32(26-28)34(43)5-2/h22-27H,4-21H2,1-3H3,(H,45,46)(H,47,48). The molecule has 0 bridgehead atoms. The summed E-state index contributed by atoms with van der Waals surface area (Å²) in [7, 11) is 0. The molecule has 0 radical (unpaired) electrons. The number of aromatic carboxylic acids is 2. The highest BCUT2D eigenvalue weighted by Crippen LogP contribution is 2.47. The molecule has 9 heteroatoms. The summed E-state index contributed by atoms with van der Waals surface area (Å²) in [5, 5.41) is 19.2. The van der Waals surface area contributed by atoms with Crippen molar-refractivity contribution in [1.82, 2.24) is 0 Å². The number of ketones is 2. The van der Waals surface area contributed by atoms with Crippen LogP contribution in [0.25, 0.3) is 0 Å². The van der Waals surface area contributed by atoms with Gasteiger partial charge in [-0.05, 0) is 48.7 Å². The summed E-state index contributed by atoms with van der Waals surface area (Å²) in [6, 6.07) is 5.93. The van der Waals surface area contributed by atoms with Gasteiger partial charge in [0.15, 0.2) is 11.6 Å². The molecule has 0 spiro atoms. The number of alkyl halides is 3. The Hall–Kier alpha value is -3.49. The van der Waals surface area contributed by atoms with Crippen LogP contribution in [-0.2, 0) is 5.41 Å². The quantitative estimate of drug-likeness (QED) is 0.0847. The van der Waals surface area contributed by atoms with Crippen molar-refractivity contribution in [3.8, 4) is 0 Å². The smallest absolute Gasteiger partial charge is 0.402 e. The Balaban J connectivity index is 2.04. The molecule has 48 heavy (non-hydrogen) atoms. The van der Waals surface area contributed by atoms with Gasteiger partial charge in [-0.25, -0.2) is 9.59 Å². The maximum absolute atomic E-state index is 14.9. The molecule has 0 fully saturated rings. The number of Topliss-reactive ketones (excluding diaryl/α,β-unsaturated/α-hetero) is 2. The molecule has 0 aliphatic carbocycles. The average Bonchev–Trinajstić information content (AvgIpc) is 3.05. The Kier molecular flexibility index (Phi) is 17.1. The number of hydrogen-bond donors (Lipinski definition) is 2. The molecule has 6 nitrogen and oxygen atoms in total. The lowest BCUT2D eigenvalue weighted by Crippen LogP contribution is -2.41. The van der Waals surface area contributed by atoms with Crippen LogP contribution in [0, 0.1) is 0 Å². The number of halogens is 3. The van der Waals surface area contributed by atoms with Crippen LogP contribution in [0.5, 0.6) is 0 Å². The van der Waals surface area contributed by atoms with E-state index in [9.17, 15) is 42.6 Å². The fourth-order valence-electron chi connectivity index (χ4n) is 6.20. The first kappa shape index (κ1) is 40.7. The van der Waals surface area contributed by atoms with Gasteiger partial charge in [-0.15, -0.1) is 0 Å². The number of carbonyl (C=O) groups excluding carboxylic acids is 2. The summed E-state index contributed by atoms with van der Waals surface area (Å²) in [5.74, 6) is -4.05. The largest absolute Gasteiger partial charge is 0.478 e. The predicted molar refractivity (Wildman–Crippen MR) is 182 cm³/mol. The Morgan fingerprint density at radius 1 is 0.542 bits per heavy atom. The van der Waals surface area contributed by atoms with Gasteiger partial charge < -0.3 is 10.2 Å². The maximum atomic E-state index is 14.9. The van der Waals surface area contributed by atoms with E-state index < -0.39 is 46.2 Å². The Morgan fingerprint density at radius 2 is 0.896 bits per heavy atom. The molecule has 0 saturated carbocycles. The van der Waals surface area contributed by atoms with E-state index in [2.05, 4.69) is 6.92 Å². The minimum Gasteiger partial charge on any atom is -0.478 e. The number of hydrogen-bond acceptors (Lipinski definition) is 4. The van der Waals surface area contributed by atoms with Crippen LogP contribution in [0.4, 0.5) is 13.2 Å². The second-order valence-corrected chi connectivity index (χ2v) is 13.0. The van der Waals surface area contributed by atoms with Crippen LogP contribution in [0.15, 0.2) is 36.4 Å². The van der Waals surface area contributed by atoms with Crippen molar-refractivity contribution in [1.29, 1.82) is 0 Å². The van der Waals surface area contributed by atoms with Gasteiger partial charge in [0.25, 0.3) is 0 Å². The minimum atomic E-state index is -4.94. The predicted octanol–water partition coefficient (Wildman–Crippen LogP) is 11.4. The molecule has 0 amide bonds. The Morgan fingerprint density at radius 3 is 1.23 bits per heavy atom. The molecule has 2 aromatic rings. The van der Waals surface area contributed by atoms with Crippen molar-refractivity contribution in [2.45, 2.75) is 148 Å². The Labute approximate surface area is 283 Å². The van der Waals surface area contributed by atoms with Gasteiger partial charge in [-0.3, -0.25) is 9.59 Å². The molecule has 2 rings (SSSR count). The van der Waals surface area contributed by atoms with Crippen molar-refractivity contribution in [3.05, 3.63) is 69.8 Å². The molecule has 0 aliphatic rings. The van der Waals surface area contributed by atoms with Crippen LogP contribution < -0.4 is 0 Å². The van der Waals surface area contributed by atoms with Crippen LogP contribution in [0.1, 0.15) is 189 Å². The lowest BCUT2D eigenvalue weighted by Gasteiger charge is -2.34. The third-order valence-electron chi connectivity index (χ3n) is 9.40. The van der Waals surface area contributed by atoms with Gasteiger partial charge in [0.1, 0.15) is 5.41 Å². The molecule has 0 aliphatic heterocycles. The highest BCUT2D eigenvalue weighted by molar-refractivity contribution is 6.07. The first-order chi connectivity index (χ1) is 22.8. The van der Waals surface area contributed by atoms with E-state index in [1.54, 1.807) is 0 Å². The molecule has 0 heterocycles. The molecule has 2 aromatic carbocycles. The fraction of sp³-hybridized carbons (Fsp3) is 0.590. The molecular weight excluding hydrogens is 621 g/mol. The normalized spacial score (nSPS) is 12.9. The number of carboxylic acid groups (broad SMARTS) is 2. The minimum absolute atomic E-state index is 0.00731. The highest BCUT2D eigenvalue weighted by atomic mass is 19.4. The summed E-state index contributed by atoms with van der Waals surface area (Å²) in [4.78, 5) is 49.4. The number of rotatable bonds is 24. The third-order valence-corrected chi connectivity index (χ3v) is 9.40. The van der Waals surface area contributed by atoms with Crippen LogP contribution >= 0.6 is 0 Å². The van der Waals surface area contributed by atoms with Gasteiger partial charge in [0, 0.05) is 24.0 Å². The van der Waals surface area contributed by atoms with Crippen molar-refractivity contribution in [2.75, 3.05) is 0 Å². The van der Waals surface area contributed by atoms with Crippen molar-refractivity contribution >= 4 is 23.5 Å². The molecular formula is C39H53F3O6. The van der Waals surface area contributed by atoms with E-state index in [0.717, 1.165) is 69.0 Å². The number of benzene rings is 2. The van der Waals surface area contributed by atoms with Gasteiger partial charge in [-0.2, -0.15) is 13.2 Å². The zero-order valence-corrected chi connectivity index (χ0v) is 28.9. The summed E-state index contributed by atoms with van der Waals surface area (Å²) in [6.45, 7) is 4.58. The fourth-order valence-corrected chi connectivity index (χ4v) is 6.20. The van der Waals surface area contributed by atoms with Gasteiger partial charge in [-0.1, -0.05) is 122 Å². The number of carboxylic acids is 2. The third kappa shape index (κ3) is 11.6. The molecule has 0 saturated heterocycles. The molecule has 266 valence electrons. The lowest BCUT2D eigenvalue weighted by molar-refractivity contribution is -0.173. The molecule has 1 unspecified atom stereocenters. The van der Waals surface area contributed by atoms with E-state index in [1.807, 2.05) is 0 Å². The number of carbonyl (C=O) groups is 4. The maximum Gasteiger partial charge on any atom is 0.402 e. The monoisotopic (exact) mass is 674 g/mol. The van der Waals surface area contributed by atoms with Gasteiger partial charge >= 0.3 is 18.1 Å². The SMILES string of the molecule is CCCCCCCCCCCCCCCCCCC(=O)c1cc(C(C)(c2ccc(C(=O)O)c(C(=O)CC)c2)C(F)(F)F)ccc1C(=O)O. The van der Waals surface area contributed by atoms with E-state index in [4.69, 9.17) is 0 Å². The first-order valence-electron chi connectivity index (χ1n) is 17.7. The topological polar surface area (TPSA) is 109 Å². The summed E-state index contributed by atoms with van der Waals surface area (Å²) in [5.41, 5.74) is -4.99. The molecule has 1 atom stereocenters. The second-order valence-electron chi connectivity index (χ2n) is 13.0. The van der Waals surface area contributed by atoms with E-state index in [1.165, 1.54) is 77.6 Å². The number of unbranched alkanes of at least 4 members (excludes halogenated alkanes) is 15. The molecule has 0 aromatic heterocycles.